The Morgan fingerprint density at radius 1 is 0.519 bits per heavy atom. The minimum Gasteiger partial charge on any atom is -0.496 e. The first kappa shape index (κ1) is 44.5. The van der Waals surface area contributed by atoms with Crippen LogP contribution in [0, 0.1) is 17.3 Å². The lowest BCUT2D eigenvalue weighted by atomic mass is 9.87. The van der Waals surface area contributed by atoms with Crippen LogP contribution < -0.4 is 45.6 Å². The summed E-state index contributed by atoms with van der Waals surface area (Å²) in [6.45, 7) is 12.9. The lowest BCUT2D eigenvalue weighted by Gasteiger charge is -2.21. The van der Waals surface area contributed by atoms with Crippen LogP contribution in [0.25, 0.3) is 0 Å². The molecule has 0 aliphatic heterocycles. The Labute approximate surface area is 314 Å². The molecule has 52 heavy (non-hydrogen) atoms. The summed E-state index contributed by atoms with van der Waals surface area (Å²) in [4.78, 5) is 0. The summed E-state index contributed by atoms with van der Waals surface area (Å²) >= 11 is 0. The standard InChI is InChI=1S/C15H25NO2.C14H21NO2.C14H23NO2/c1-15(2,3)10-12-9-13(17-4)11(6-7-16)8-14(12)18-5;1-16-13-9-12(7-10-3-4-10)14(17-2)8-11(13)5-6-15;1-10(2)7-12-9-13(16-3)11(5-6-15)8-14(12)17-4/h8-9H,6-7,10,16H2,1-5H3;8-10H,3-7,15H2,1-2H3;8-10H,5-7,15H2,1-4H3. The van der Waals surface area contributed by atoms with Gasteiger partial charge in [-0.3, -0.25) is 0 Å². The molecular weight excluding hydrogens is 654 g/mol. The smallest absolute Gasteiger partial charge is 0.122 e. The lowest BCUT2D eigenvalue weighted by Crippen LogP contribution is -2.11. The summed E-state index contributed by atoms with van der Waals surface area (Å²) in [7, 11) is 10.2. The molecule has 1 aliphatic carbocycles. The average molecular weight is 724 g/mol. The van der Waals surface area contributed by atoms with Crippen molar-refractivity contribution in [1.29, 1.82) is 0 Å². The second-order valence-electron chi connectivity index (χ2n) is 15.0. The van der Waals surface area contributed by atoms with E-state index in [0.717, 1.165) is 95.6 Å². The van der Waals surface area contributed by atoms with Gasteiger partial charge in [0.05, 0.1) is 42.7 Å². The fraction of sp³-hybridized carbons (Fsp3) is 0.581. The SMILES string of the molecule is COc1cc(CC(C)(C)C)c(OC)cc1CCN.COc1cc(CC(C)C)c(OC)cc1CCN.COc1cc(CC2CC2)c(OC)cc1CCN. The van der Waals surface area contributed by atoms with Gasteiger partial charge in [-0.15, -0.1) is 0 Å². The zero-order valence-electron chi connectivity index (χ0n) is 34.1. The Hall–Kier alpha value is -3.66. The van der Waals surface area contributed by atoms with Crippen LogP contribution in [-0.2, 0) is 38.5 Å². The number of ether oxygens (including phenoxy) is 6. The molecule has 0 unspecified atom stereocenters. The summed E-state index contributed by atoms with van der Waals surface area (Å²) in [6.07, 6.45) is 8.16. The van der Waals surface area contributed by atoms with Crippen LogP contribution >= 0.6 is 0 Å². The van der Waals surface area contributed by atoms with Crippen LogP contribution in [0.4, 0.5) is 0 Å². The van der Waals surface area contributed by atoms with Gasteiger partial charge in [0.15, 0.2) is 0 Å². The third-order valence-electron chi connectivity index (χ3n) is 8.85. The van der Waals surface area contributed by atoms with E-state index in [2.05, 4.69) is 58.9 Å². The maximum atomic E-state index is 5.62. The highest BCUT2D eigenvalue weighted by Crippen LogP contribution is 2.38. The van der Waals surface area contributed by atoms with Crippen molar-refractivity contribution in [3.05, 3.63) is 69.8 Å². The van der Waals surface area contributed by atoms with Crippen LogP contribution in [0.2, 0.25) is 0 Å². The van der Waals surface area contributed by atoms with E-state index < -0.39 is 0 Å². The zero-order chi connectivity index (χ0) is 38.8. The Balaban J connectivity index is 0.000000270. The fourth-order valence-corrected chi connectivity index (χ4v) is 6.23. The van der Waals surface area contributed by atoms with Crippen molar-refractivity contribution in [3.63, 3.8) is 0 Å². The van der Waals surface area contributed by atoms with E-state index in [1.54, 1.807) is 42.7 Å². The van der Waals surface area contributed by atoms with Gasteiger partial charge < -0.3 is 45.6 Å². The Morgan fingerprint density at radius 2 is 0.827 bits per heavy atom. The lowest BCUT2D eigenvalue weighted by molar-refractivity contribution is 0.371. The molecule has 3 aromatic carbocycles. The molecule has 0 bridgehead atoms. The van der Waals surface area contributed by atoms with E-state index in [1.807, 2.05) is 12.1 Å². The third kappa shape index (κ3) is 14.4. The fourth-order valence-electron chi connectivity index (χ4n) is 6.23. The van der Waals surface area contributed by atoms with Crippen LogP contribution in [0.5, 0.6) is 34.5 Å². The molecule has 292 valence electrons. The molecule has 1 aliphatic rings. The summed E-state index contributed by atoms with van der Waals surface area (Å²) < 4.78 is 32.7. The third-order valence-corrected chi connectivity index (χ3v) is 8.85. The predicted octanol–water partition coefficient (Wildman–Crippen LogP) is 7.35. The predicted molar refractivity (Wildman–Crippen MR) is 215 cm³/mol. The van der Waals surface area contributed by atoms with Crippen LogP contribution in [0.3, 0.4) is 0 Å². The number of methoxy groups -OCH3 is 6. The zero-order valence-corrected chi connectivity index (χ0v) is 34.1. The Bertz CT molecular complexity index is 1430. The quantitative estimate of drug-likeness (QED) is 0.131. The van der Waals surface area contributed by atoms with Gasteiger partial charge in [-0.05, 0) is 158 Å². The van der Waals surface area contributed by atoms with Crippen LogP contribution in [0.15, 0.2) is 36.4 Å². The molecule has 9 nitrogen and oxygen atoms in total. The largest absolute Gasteiger partial charge is 0.496 e. The number of nitrogens with two attached hydrogens (primary N) is 3. The van der Waals surface area contributed by atoms with E-state index in [1.165, 1.54) is 29.5 Å². The second kappa shape index (κ2) is 22.4. The summed E-state index contributed by atoms with van der Waals surface area (Å²) in [5.74, 6) is 7.01. The molecular formula is C43H69N3O6. The van der Waals surface area contributed by atoms with Gasteiger partial charge in [0.1, 0.15) is 34.5 Å². The van der Waals surface area contributed by atoms with Crippen molar-refractivity contribution in [3.8, 4) is 34.5 Å². The number of rotatable bonds is 17. The Morgan fingerprint density at radius 3 is 1.15 bits per heavy atom. The van der Waals surface area contributed by atoms with Gasteiger partial charge in [0.25, 0.3) is 0 Å². The van der Waals surface area contributed by atoms with Crippen LogP contribution in [-0.4, -0.2) is 62.3 Å². The van der Waals surface area contributed by atoms with Gasteiger partial charge in [0, 0.05) is 0 Å². The van der Waals surface area contributed by atoms with E-state index >= 15 is 0 Å². The Kier molecular flexibility index (Phi) is 19.2. The number of hydrogen-bond acceptors (Lipinski definition) is 9. The first-order valence-corrected chi connectivity index (χ1v) is 18.6. The molecule has 1 saturated carbocycles. The molecule has 0 radical (unpaired) electrons. The number of hydrogen-bond donors (Lipinski definition) is 3. The summed E-state index contributed by atoms with van der Waals surface area (Å²) in [6, 6.07) is 12.4. The molecule has 0 spiro atoms. The van der Waals surface area contributed by atoms with Crippen molar-refractivity contribution in [2.24, 2.45) is 34.5 Å². The van der Waals surface area contributed by atoms with E-state index in [0.29, 0.717) is 25.6 Å². The highest BCUT2D eigenvalue weighted by atomic mass is 16.5. The molecule has 6 N–H and O–H groups in total. The average Bonchev–Trinajstić information content (AvgIpc) is 3.93. The molecule has 0 aromatic heterocycles. The summed E-state index contributed by atoms with van der Waals surface area (Å²) in [5, 5.41) is 0. The maximum Gasteiger partial charge on any atom is 0.122 e. The van der Waals surface area contributed by atoms with Gasteiger partial charge in [0.2, 0.25) is 0 Å². The molecule has 0 saturated heterocycles. The molecule has 0 amide bonds. The highest BCUT2D eigenvalue weighted by Gasteiger charge is 2.24. The molecule has 1 fully saturated rings. The van der Waals surface area contributed by atoms with E-state index in [-0.39, 0.29) is 5.41 Å². The van der Waals surface area contributed by atoms with Gasteiger partial charge in [-0.2, -0.15) is 0 Å². The van der Waals surface area contributed by atoms with Gasteiger partial charge in [-0.25, -0.2) is 0 Å². The number of benzene rings is 3. The van der Waals surface area contributed by atoms with E-state index in [4.69, 9.17) is 45.6 Å². The van der Waals surface area contributed by atoms with Gasteiger partial charge in [-0.1, -0.05) is 34.6 Å². The normalized spacial score (nSPS) is 12.3. The van der Waals surface area contributed by atoms with Crippen molar-refractivity contribution in [2.45, 2.75) is 86.0 Å². The first-order valence-electron chi connectivity index (χ1n) is 18.6. The second-order valence-corrected chi connectivity index (χ2v) is 15.0. The maximum absolute atomic E-state index is 5.62. The minimum atomic E-state index is 0.216. The highest BCUT2D eigenvalue weighted by molar-refractivity contribution is 5.49. The minimum absolute atomic E-state index is 0.216. The van der Waals surface area contributed by atoms with Crippen molar-refractivity contribution >= 4 is 0 Å². The summed E-state index contributed by atoms with van der Waals surface area (Å²) in [5.41, 5.74) is 24.0. The topological polar surface area (TPSA) is 133 Å². The molecule has 0 atom stereocenters. The van der Waals surface area contributed by atoms with Crippen molar-refractivity contribution in [1.82, 2.24) is 0 Å². The first-order chi connectivity index (χ1) is 24.8. The van der Waals surface area contributed by atoms with Gasteiger partial charge >= 0.3 is 0 Å². The monoisotopic (exact) mass is 724 g/mol. The molecule has 0 heterocycles. The molecule has 4 rings (SSSR count). The van der Waals surface area contributed by atoms with Crippen molar-refractivity contribution < 1.29 is 28.4 Å². The van der Waals surface area contributed by atoms with Crippen LogP contribution in [0.1, 0.15) is 80.8 Å². The van der Waals surface area contributed by atoms with E-state index in [9.17, 15) is 0 Å². The van der Waals surface area contributed by atoms with Crippen molar-refractivity contribution in [2.75, 3.05) is 62.3 Å². The molecule has 9 heteroatoms. The molecule has 3 aromatic rings.